The van der Waals surface area contributed by atoms with E-state index in [4.69, 9.17) is 0 Å². The molecule has 0 saturated carbocycles. The highest BCUT2D eigenvalue weighted by Crippen LogP contribution is 2.28. The van der Waals surface area contributed by atoms with E-state index in [1.54, 1.807) is 12.4 Å². The number of fused-ring (bicyclic) bond motifs is 1. The molecule has 136 valence electrons. The van der Waals surface area contributed by atoms with Crippen molar-refractivity contribution in [2.24, 2.45) is 5.92 Å². The fraction of sp³-hybridized carbons (Fsp3) is 0.647. The van der Waals surface area contributed by atoms with E-state index in [9.17, 15) is 9.59 Å². The van der Waals surface area contributed by atoms with E-state index >= 15 is 0 Å². The number of halogens is 1. The number of piperidine rings is 1. The van der Waals surface area contributed by atoms with E-state index in [0.29, 0.717) is 31.3 Å². The van der Waals surface area contributed by atoms with Gasteiger partial charge in [-0.05, 0) is 24.8 Å². The van der Waals surface area contributed by atoms with Gasteiger partial charge in [-0.1, -0.05) is 0 Å². The quantitative estimate of drug-likeness (QED) is 0.558. The Morgan fingerprint density at radius 1 is 1.04 bits per heavy atom. The van der Waals surface area contributed by atoms with Crippen LogP contribution in [0, 0.1) is 5.92 Å². The number of aromatic nitrogens is 2. The maximum atomic E-state index is 11.8. The number of carbonyl (C=O) groups is 2. The molecule has 0 aromatic carbocycles. The molecule has 8 heteroatoms. The number of hydrogen-bond acceptors (Lipinski definition) is 6. The molecule has 3 fully saturated rings. The number of piperazine rings is 1. The summed E-state index contributed by atoms with van der Waals surface area (Å²) in [5.41, 5.74) is 0. The van der Waals surface area contributed by atoms with Crippen molar-refractivity contribution in [2.75, 3.05) is 37.6 Å². The minimum atomic E-state index is 0. The molecule has 3 aliphatic heterocycles. The van der Waals surface area contributed by atoms with Gasteiger partial charge >= 0.3 is 1.43 Å². The van der Waals surface area contributed by atoms with Crippen molar-refractivity contribution in [1.82, 2.24) is 19.8 Å². The Balaban J connectivity index is 0.00000121. The Hall–Kier alpha value is -1.73. The zero-order chi connectivity index (χ0) is 16.5. The summed E-state index contributed by atoms with van der Waals surface area (Å²) in [7, 11) is 0. The molecular weight excluding hydrogens is 342 g/mol. The molecule has 4 rings (SSSR count). The standard InChI is InChI=1S/C17H23N5O2.ClH/c23-15-4-5-16(24)22(15)11-13-2-3-14-12-21(9-8-20(14)10-13)17-18-6-1-7-19-17;/h1,6-7,13-14H,2-5,8-12H2;1H/t13-,14-;/m0./s1. The minimum absolute atomic E-state index is 0. The second-order valence-electron chi connectivity index (χ2n) is 6.99. The molecule has 3 saturated heterocycles. The van der Waals surface area contributed by atoms with Gasteiger partial charge in [-0.3, -0.25) is 19.4 Å². The first-order chi connectivity index (χ1) is 11.7. The molecule has 25 heavy (non-hydrogen) atoms. The van der Waals surface area contributed by atoms with Gasteiger partial charge in [0.1, 0.15) is 0 Å². The lowest BCUT2D eigenvalue weighted by Gasteiger charge is -2.46. The van der Waals surface area contributed by atoms with Crippen molar-refractivity contribution in [1.29, 1.82) is 0 Å². The number of anilines is 1. The van der Waals surface area contributed by atoms with Gasteiger partial charge in [0, 0.05) is 64.0 Å². The lowest BCUT2D eigenvalue weighted by atomic mass is 9.90. The third-order valence-electron chi connectivity index (χ3n) is 5.44. The van der Waals surface area contributed by atoms with Crippen LogP contribution in [0.5, 0.6) is 0 Å². The third kappa shape index (κ3) is 3.77. The monoisotopic (exact) mass is 365 g/mol. The Morgan fingerprint density at radius 2 is 1.76 bits per heavy atom. The van der Waals surface area contributed by atoms with Gasteiger partial charge in [-0.25, -0.2) is 9.97 Å². The molecule has 2 amide bonds. The SMILES string of the molecule is O=C1CCC(=O)N1C[C@H]1CC[C@H]2CN(c3ncccn3)CCN2C1.[Cl-].[H+]. The van der Waals surface area contributed by atoms with Gasteiger partial charge in [-0.2, -0.15) is 0 Å². The Labute approximate surface area is 155 Å². The molecule has 0 N–H and O–H groups in total. The van der Waals surface area contributed by atoms with Gasteiger partial charge in [0.25, 0.3) is 0 Å². The highest BCUT2D eigenvalue weighted by atomic mass is 35.5. The Bertz CT molecular complexity index is 619. The highest BCUT2D eigenvalue weighted by molar-refractivity contribution is 6.01. The number of amides is 2. The van der Waals surface area contributed by atoms with Gasteiger partial charge < -0.3 is 17.3 Å². The van der Waals surface area contributed by atoms with Crippen LogP contribution >= 0.6 is 0 Å². The normalized spacial score (nSPS) is 27.2. The summed E-state index contributed by atoms with van der Waals surface area (Å²) in [4.78, 5) is 38.6. The van der Waals surface area contributed by atoms with Crippen molar-refractivity contribution in [3.63, 3.8) is 0 Å². The molecule has 0 aliphatic carbocycles. The average Bonchev–Trinajstić information content (AvgIpc) is 2.94. The van der Waals surface area contributed by atoms with Gasteiger partial charge in [0.05, 0.1) is 0 Å². The van der Waals surface area contributed by atoms with E-state index in [2.05, 4.69) is 19.8 Å². The van der Waals surface area contributed by atoms with Gasteiger partial charge in [-0.15, -0.1) is 0 Å². The first kappa shape index (κ1) is 18.1. The van der Waals surface area contributed by atoms with Crippen LogP contribution in [0.2, 0.25) is 0 Å². The van der Waals surface area contributed by atoms with E-state index in [1.807, 2.05) is 6.07 Å². The van der Waals surface area contributed by atoms with Crippen molar-refractivity contribution < 1.29 is 23.4 Å². The summed E-state index contributed by atoms with van der Waals surface area (Å²) < 4.78 is 0. The molecule has 0 bridgehead atoms. The van der Waals surface area contributed by atoms with Crippen molar-refractivity contribution in [3.05, 3.63) is 18.5 Å². The fourth-order valence-corrected chi connectivity index (χ4v) is 4.13. The summed E-state index contributed by atoms with van der Waals surface area (Å²) in [5, 5.41) is 0. The first-order valence-electron chi connectivity index (χ1n) is 8.80. The first-order valence-corrected chi connectivity index (χ1v) is 8.80. The summed E-state index contributed by atoms with van der Waals surface area (Å²) in [5.74, 6) is 1.24. The molecule has 1 aromatic heterocycles. The van der Waals surface area contributed by atoms with Gasteiger partial charge in [0.15, 0.2) is 0 Å². The zero-order valence-corrected chi connectivity index (χ0v) is 14.9. The van der Waals surface area contributed by atoms with Crippen LogP contribution in [0.4, 0.5) is 5.95 Å². The molecule has 0 radical (unpaired) electrons. The Kier molecular flexibility index (Phi) is 5.54. The van der Waals surface area contributed by atoms with Crippen LogP contribution in [-0.4, -0.2) is 70.3 Å². The predicted molar refractivity (Wildman–Crippen MR) is 89.4 cm³/mol. The smallest absolute Gasteiger partial charge is 1.00 e. The van der Waals surface area contributed by atoms with Gasteiger partial charge in [0.2, 0.25) is 17.8 Å². The molecule has 7 nitrogen and oxygen atoms in total. The minimum Gasteiger partial charge on any atom is -1.00 e. The lowest BCUT2D eigenvalue weighted by molar-refractivity contribution is -0.139. The fourth-order valence-electron chi connectivity index (χ4n) is 4.13. The maximum absolute atomic E-state index is 11.8. The van der Waals surface area contributed by atoms with E-state index in [-0.39, 0.29) is 25.6 Å². The average molecular weight is 366 g/mol. The summed E-state index contributed by atoms with van der Waals surface area (Å²) in [6.07, 6.45) is 6.53. The second kappa shape index (κ2) is 7.66. The summed E-state index contributed by atoms with van der Waals surface area (Å²) >= 11 is 0. The predicted octanol–water partition coefficient (Wildman–Crippen LogP) is -2.36. The summed E-state index contributed by atoms with van der Waals surface area (Å²) in [6, 6.07) is 2.36. The van der Waals surface area contributed by atoms with Crippen LogP contribution in [0.15, 0.2) is 18.5 Å². The Morgan fingerprint density at radius 3 is 2.48 bits per heavy atom. The number of hydrogen-bond donors (Lipinski definition) is 0. The number of carbonyl (C=O) groups excluding carboxylic acids is 2. The van der Waals surface area contributed by atoms with Crippen molar-refractivity contribution in [3.8, 4) is 0 Å². The zero-order valence-electron chi connectivity index (χ0n) is 15.2. The van der Waals surface area contributed by atoms with Crippen molar-refractivity contribution in [2.45, 2.75) is 31.7 Å². The molecule has 4 heterocycles. The number of rotatable bonds is 3. The van der Waals surface area contributed by atoms with E-state index in [0.717, 1.165) is 45.0 Å². The number of likely N-dealkylation sites (tertiary alicyclic amines) is 1. The molecule has 1 aromatic rings. The molecule has 2 atom stereocenters. The second-order valence-corrected chi connectivity index (χ2v) is 6.99. The number of imide groups is 1. The summed E-state index contributed by atoms with van der Waals surface area (Å²) in [6.45, 7) is 4.45. The van der Waals surface area contributed by atoms with Crippen LogP contribution in [0.3, 0.4) is 0 Å². The van der Waals surface area contributed by atoms with Crippen molar-refractivity contribution >= 4 is 17.8 Å². The molecule has 3 aliphatic rings. The largest absolute Gasteiger partial charge is 1.00 e. The van der Waals surface area contributed by atoms with Crippen LogP contribution in [0.25, 0.3) is 0 Å². The molecule has 0 unspecified atom stereocenters. The van der Waals surface area contributed by atoms with Crippen LogP contribution in [-0.2, 0) is 9.59 Å². The van der Waals surface area contributed by atoms with Crippen LogP contribution < -0.4 is 17.3 Å². The third-order valence-corrected chi connectivity index (χ3v) is 5.44. The lowest BCUT2D eigenvalue weighted by Crippen LogP contribution is -3.00. The number of nitrogens with zero attached hydrogens (tertiary/aromatic N) is 5. The topological polar surface area (TPSA) is 69.6 Å². The maximum Gasteiger partial charge on any atom is 1.00 e. The van der Waals surface area contributed by atoms with E-state index < -0.39 is 0 Å². The molecular formula is C17H24ClN5O2. The highest BCUT2D eigenvalue weighted by Gasteiger charge is 2.37. The van der Waals surface area contributed by atoms with Crippen LogP contribution in [0.1, 0.15) is 27.1 Å². The molecule has 0 spiro atoms. The van der Waals surface area contributed by atoms with E-state index in [1.165, 1.54) is 4.90 Å².